The summed E-state index contributed by atoms with van der Waals surface area (Å²) in [6.45, 7) is 0.420. The summed E-state index contributed by atoms with van der Waals surface area (Å²) in [6.07, 6.45) is 1.03. The van der Waals surface area contributed by atoms with Gasteiger partial charge in [0.2, 0.25) is 11.8 Å². The molecule has 0 saturated heterocycles. The summed E-state index contributed by atoms with van der Waals surface area (Å²) < 4.78 is 0. The molecule has 0 radical (unpaired) electrons. The first-order chi connectivity index (χ1) is 16.4. The van der Waals surface area contributed by atoms with Crippen molar-refractivity contribution in [2.24, 2.45) is 10.8 Å². The van der Waals surface area contributed by atoms with Crippen molar-refractivity contribution in [3.63, 3.8) is 0 Å². The fourth-order valence-electron chi connectivity index (χ4n) is 3.37. The molecule has 34 heavy (non-hydrogen) atoms. The number of carbonyl (C=O) groups excluding carboxylic acids is 2. The number of hydrogen-bond acceptors (Lipinski definition) is 5. The van der Waals surface area contributed by atoms with Crippen LogP contribution in [-0.2, 0) is 9.59 Å². The number of amides is 2. The van der Waals surface area contributed by atoms with Gasteiger partial charge in [0, 0.05) is 19.7 Å². The van der Waals surface area contributed by atoms with Gasteiger partial charge in [-0.25, -0.2) is 10.1 Å². The molecule has 0 aromatic heterocycles. The first-order valence-electron chi connectivity index (χ1n) is 10.9. The lowest BCUT2D eigenvalue weighted by molar-refractivity contribution is -0.485. The van der Waals surface area contributed by atoms with Crippen molar-refractivity contribution >= 4 is 17.8 Å². The van der Waals surface area contributed by atoms with Crippen LogP contribution in [0.25, 0.3) is 0 Å². The van der Waals surface area contributed by atoms with Crippen LogP contribution < -0.4 is 21.7 Å². The second-order valence-corrected chi connectivity index (χ2v) is 7.48. The van der Waals surface area contributed by atoms with Crippen molar-refractivity contribution in [3.05, 3.63) is 81.9 Å². The second kappa shape index (κ2) is 14.2. The van der Waals surface area contributed by atoms with Crippen LogP contribution in [0.2, 0.25) is 0 Å². The van der Waals surface area contributed by atoms with E-state index in [1.807, 2.05) is 60.7 Å². The van der Waals surface area contributed by atoms with E-state index in [1.54, 1.807) is 0 Å². The van der Waals surface area contributed by atoms with E-state index in [0.29, 0.717) is 12.8 Å². The zero-order chi connectivity index (χ0) is 24.8. The number of nitrogens with one attached hydrogen (secondary N) is 3. The van der Waals surface area contributed by atoms with E-state index in [-0.39, 0.29) is 43.9 Å². The molecule has 0 aliphatic rings. The molecule has 1 atom stereocenters. The molecule has 2 rings (SSSR count). The number of benzene rings is 2. The van der Waals surface area contributed by atoms with Crippen LogP contribution in [0.15, 0.2) is 65.8 Å². The Labute approximate surface area is 197 Å². The summed E-state index contributed by atoms with van der Waals surface area (Å²) in [5, 5.41) is 29.5. The molecular formula is C23H30N6O5. The third-order valence-corrected chi connectivity index (χ3v) is 4.96. The Bertz CT molecular complexity index is 915. The molecule has 0 aliphatic heterocycles. The van der Waals surface area contributed by atoms with Gasteiger partial charge < -0.3 is 26.8 Å². The molecule has 6 N–H and O–H groups in total. The molecule has 2 aromatic carbocycles. The van der Waals surface area contributed by atoms with Gasteiger partial charge in [-0.15, -0.1) is 0 Å². The van der Waals surface area contributed by atoms with Crippen molar-refractivity contribution < 1.29 is 19.7 Å². The maximum Gasteiger partial charge on any atom is 0.266 e. The highest BCUT2D eigenvalue weighted by Crippen LogP contribution is 2.25. The molecule has 0 heterocycles. The average Bonchev–Trinajstić information content (AvgIpc) is 2.82. The summed E-state index contributed by atoms with van der Waals surface area (Å²) in [6, 6.07) is 17.7. The highest BCUT2D eigenvalue weighted by atomic mass is 16.7. The Hall–Kier alpha value is -3.99. The van der Waals surface area contributed by atoms with Crippen LogP contribution in [0.5, 0.6) is 0 Å². The van der Waals surface area contributed by atoms with E-state index in [2.05, 4.69) is 21.1 Å². The summed E-state index contributed by atoms with van der Waals surface area (Å²) in [5.41, 5.74) is 6.98. The SMILES string of the molecule is N/C(=N/[N+](=O)[O-])NCCC[C@@H](NC(=O)C(c1ccccc1)c1ccccc1)C(=O)NCCCO. The third kappa shape index (κ3) is 8.87. The van der Waals surface area contributed by atoms with Gasteiger partial charge in [0.05, 0.1) is 5.92 Å². The molecule has 0 unspecified atom stereocenters. The Kier molecular flexibility index (Phi) is 11.0. The number of hydrogen-bond donors (Lipinski definition) is 5. The van der Waals surface area contributed by atoms with Crippen LogP contribution >= 0.6 is 0 Å². The van der Waals surface area contributed by atoms with Gasteiger partial charge in [-0.05, 0) is 30.4 Å². The van der Waals surface area contributed by atoms with Crippen molar-refractivity contribution in [3.8, 4) is 0 Å². The van der Waals surface area contributed by atoms with Crippen LogP contribution in [-0.4, -0.2) is 53.7 Å². The lowest BCUT2D eigenvalue weighted by atomic mass is 9.90. The Morgan fingerprint density at radius 1 is 0.941 bits per heavy atom. The van der Waals surface area contributed by atoms with Crippen LogP contribution in [0.3, 0.4) is 0 Å². The molecule has 2 amide bonds. The number of guanidine groups is 1. The first kappa shape index (κ1) is 26.3. The summed E-state index contributed by atoms with van der Waals surface area (Å²) in [5.74, 6) is -1.67. The van der Waals surface area contributed by atoms with E-state index in [4.69, 9.17) is 10.8 Å². The van der Waals surface area contributed by atoms with E-state index in [9.17, 15) is 19.7 Å². The number of carbonyl (C=O) groups is 2. The maximum absolute atomic E-state index is 13.4. The molecule has 0 aliphatic carbocycles. The zero-order valence-electron chi connectivity index (χ0n) is 18.7. The van der Waals surface area contributed by atoms with Gasteiger partial charge in [0.25, 0.3) is 5.96 Å². The number of rotatable bonds is 13. The molecule has 11 nitrogen and oxygen atoms in total. The minimum Gasteiger partial charge on any atom is -0.396 e. The third-order valence-electron chi connectivity index (χ3n) is 4.96. The molecule has 182 valence electrons. The van der Waals surface area contributed by atoms with Gasteiger partial charge in [-0.1, -0.05) is 60.7 Å². The number of nitrogens with zero attached hydrogens (tertiary/aromatic N) is 2. The minimum atomic E-state index is -0.909. The van der Waals surface area contributed by atoms with Crippen LogP contribution in [0.4, 0.5) is 0 Å². The van der Waals surface area contributed by atoms with Gasteiger partial charge in [0.15, 0.2) is 5.03 Å². The first-order valence-corrected chi connectivity index (χ1v) is 10.9. The number of hydrazone groups is 1. The largest absolute Gasteiger partial charge is 0.396 e. The van der Waals surface area contributed by atoms with Gasteiger partial charge >= 0.3 is 0 Å². The van der Waals surface area contributed by atoms with Gasteiger partial charge in [-0.3, -0.25) is 9.59 Å². The highest BCUT2D eigenvalue weighted by molar-refractivity contribution is 5.92. The normalized spacial score (nSPS) is 12.1. The molecule has 0 fully saturated rings. The molecule has 2 aromatic rings. The monoisotopic (exact) mass is 470 g/mol. The topological polar surface area (TPSA) is 172 Å². The highest BCUT2D eigenvalue weighted by Gasteiger charge is 2.27. The lowest BCUT2D eigenvalue weighted by Crippen LogP contribution is -2.48. The van der Waals surface area contributed by atoms with E-state index < -0.39 is 17.0 Å². The molecule has 0 spiro atoms. The van der Waals surface area contributed by atoms with Crippen molar-refractivity contribution in [1.82, 2.24) is 16.0 Å². The Morgan fingerprint density at radius 3 is 2.03 bits per heavy atom. The Morgan fingerprint density at radius 2 is 1.50 bits per heavy atom. The van der Waals surface area contributed by atoms with E-state index in [1.165, 1.54) is 0 Å². The van der Waals surface area contributed by atoms with Crippen LogP contribution in [0, 0.1) is 10.1 Å². The average molecular weight is 471 g/mol. The maximum atomic E-state index is 13.4. The smallest absolute Gasteiger partial charge is 0.266 e. The minimum absolute atomic E-state index is 0.0691. The molecule has 11 heteroatoms. The lowest BCUT2D eigenvalue weighted by Gasteiger charge is -2.23. The predicted molar refractivity (Wildman–Crippen MR) is 127 cm³/mol. The van der Waals surface area contributed by atoms with Gasteiger partial charge in [0.1, 0.15) is 11.1 Å². The molecule has 0 saturated carbocycles. The predicted octanol–water partition coefficient (Wildman–Crippen LogP) is 0.678. The second-order valence-electron chi connectivity index (χ2n) is 7.48. The fourth-order valence-corrected chi connectivity index (χ4v) is 3.37. The number of aliphatic hydroxyl groups is 1. The summed E-state index contributed by atoms with van der Waals surface area (Å²) >= 11 is 0. The fraction of sp³-hybridized carbons (Fsp3) is 0.348. The van der Waals surface area contributed by atoms with Crippen molar-refractivity contribution in [2.75, 3.05) is 19.7 Å². The number of aliphatic hydroxyl groups excluding tert-OH is 1. The van der Waals surface area contributed by atoms with E-state index >= 15 is 0 Å². The number of nitro groups is 1. The quantitative estimate of drug-likeness (QED) is 0.0941. The van der Waals surface area contributed by atoms with Crippen molar-refractivity contribution in [2.45, 2.75) is 31.2 Å². The zero-order valence-corrected chi connectivity index (χ0v) is 18.7. The summed E-state index contributed by atoms with van der Waals surface area (Å²) in [7, 11) is 0. The van der Waals surface area contributed by atoms with E-state index in [0.717, 1.165) is 11.1 Å². The molecular weight excluding hydrogens is 440 g/mol. The molecule has 0 bridgehead atoms. The van der Waals surface area contributed by atoms with Crippen LogP contribution in [0.1, 0.15) is 36.3 Å². The van der Waals surface area contributed by atoms with Crippen molar-refractivity contribution in [1.29, 1.82) is 0 Å². The summed E-state index contributed by atoms with van der Waals surface area (Å²) in [4.78, 5) is 36.5. The van der Waals surface area contributed by atoms with Gasteiger partial charge in [-0.2, -0.15) is 0 Å². The Balaban J connectivity index is 2.14. The number of nitrogens with two attached hydrogens (primary N) is 1. The standard InChI is InChI=1S/C23H30N6O5/c24-23(28-29(33)34)26-14-7-13-19(21(31)25-15-8-16-30)27-22(32)20(17-9-3-1-4-10-17)18-11-5-2-6-12-18/h1-6,9-12,19-20,30H,7-8,13-16H2,(H,25,31)(H,27,32)(H3,24,26,28)/t19-/m1/s1.